The third kappa shape index (κ3) is 4.75. The third-order valence-electron chi connectivity index (χ3n) is 3.64. The fraction of sp³-hybridized carbons (Fsp3) is 0.467. The average molecular weight is 291 g/mol. The van der Waals surface area contributed by atoms with Crippen molar-refractivity contribution in [2.75, 3.05) is 32.0 Å². The summed E-state index contributed by atoms with van der Waals surface area (Å²) in [6.07, 6.45) is 2.28. The lowest BCUT2D eigenvalue weighted by Crippen LogP contribution is -2.40. The Morgan fingerprint density at radius 2 is 2.24 bits per heavy atom. The number of carbonyl (C=O) groups excluding carboxylic acids is 1. The number of benzene rings is 1. The first kappa shape index (κ1) is 15.3. The van der Waals surface area contributed by atoms with Crippen molar-refractivity contribution < 1.29 is 14.7 Å². The van der Waals surface area contributed by atoms with Crippen molar-refractivity contribution in [2.24, 2.45) is 5.92 Å². The van der Waals surface area contributed by atoms with Crippen molar-refractivity contribution in [3.63, 3.8) is 0 Å². The zero-order valence-electron chi connectivity index (χ0n) is 12.1. The number of aromatic carboxylic acids is 1. The van der Waals surface area contributed by atoms with Gasteiger partial charge >= 0.3 is 12.0 Å². The predicted octanol–water partition coefficient (Wildman–Crippen LogP) is 1.85. The van der Waals surface area contributed by atoms with E-state index in [2.05, 4.69) is 22.6 Å². The molecule has 1 aliphatic rings. The van der Waals surface area contributed by atoms with Crippen molar-refractivity contribution in [3.8, 4) is 0 Å². The fourth-order valence-electron chi connectivity index (χ4n) is 2.58. The van der Waals surface area contributed by atoms with E-state index in [0.717, 1.165) is 25.9 Å². The number of carboxylic acid groups (broad SMARTS) is 1. The quantitative estimate of drug-likeness (QED) is 0.790. The van der Waals surface area contributed by atoms with Crippen molar-refractivity contribution in [3.05, 3.63) is 29.8 Å². The summed E-state index contributed by atoms with van der Waals surface area (Å²) in [5.41, 5.74) is 0.634. The van der Waals surface area contributed by atoms with Crippen LogP contribution in [0, 0.1) is 5.92 Å². The number of amides is 2. The Kier molecular flexibility index (Phi) is 5.16. The Balaban J connectivity index is 1.81. The molecule has 1 aliphatic heterocycles. The molecule has 0 aromatic heterocycles. The molecule has 114 valence electrons. The van der Waals surface area contributed by atoms with Gasteiger partial charge in [-0.25, -0.2) is 9.59 Å². The fourth-order valence-corrected chi connectivity index (χ4v) is 2.58. The van der Waals surface area contributed by atoms with Crippen LogP contribution in [-0.2, 0) is 0 Å². The Hall–Kier alpha value is -2.08. The largest absolute Gasteiger partial charge is 0.478 e. The number of anilines is 1. The summed E-state index contributed by atoms with van der Waals surface area (Å²) in [7, 11) is 2.09. The van der Waals surface area contributed by atoms with E-state index in [1.807, 2.05) is 0 Å². The van der Waals surface area contributed by atoms with E-state index in [1.165, 1.54) is 12.1 Å². The summed E-state index contributed by atoms with van der Waals surface area (Å²) >= 11 is 0. The second kappa shape index (κ2) is 7.08. The van der Waals surface area contributed by atoms with Crippen LogP contribution in [0.5, 0.6) is 0 Å². The number of nitrogens with one attached hydrogen (secondary N) is 2. The number of piperidine rings is 1. The van der Waals surface area contributed by atoms with E-state index >= 15 is 0 Å². The lowest BCUT2D eigenvalue weighted by molar-refractivity contribution is 0.0697. The molecule has 1 unspecified atom stereocenters. The van der Waals surface area contributed by atoms with Gasteiger partial charge in [0.1, 0.15) is 0 Å². The Morgan fingerprint density at radius 1 is 1.43 bits per heavy atom. The molecule has 1 aromatic rings. The molecule has 2 rings (SSSR count). The van der Waals surface area contributed by atoms with Gasteiger partial charge in [-0.05, 0) is 50.6 Å². The van der Waals surface area contributed by atoms with Crippen molar-refractivity contribution >= 4 is 17.7 Å². The molecular formula is C15H21N3O3. The number of urea groups is 1. The van der Waals surface area contributed by atoms with Gasteiger partial charge in [-0.15, -0.1) is 0 Å². The van der Waals surface area contributed by atoms with Crippen LogP contribution in [0.15, 0.2) is 24.3 Å². The molecule has 3 N–H and O–H groups in total. The van der Waals surface area contributed by atoms with Gasteiger partial charge in [0.05, 0.1) is 5.56 Å². The number of hydrogen-bond acceptors (Lipinski definition) is 3. The normalized spacial score (nSPS) is 19.0. The molecule has 0 radical (unpaired) electrons. The number of carboxylic acids is 1. The maximum Gasteiger partial charge on any atom is 0.335 e. The monoisotopic (exact) mass is 291 g/mol. The van der Waals surface area contributed by atoms with Crippen LogP contribution in [0.1, 0.15) is 23.2 Å². The summed E-state index contributed by atoms with van der Waals surface area (Å²) < 4.78 is 0. The van der Waals surface area contributed by atoms with Crippen LogP contribution < -0.4 is 10.6 Å². The zero-order valence-corrected chi connectivity index (χ0v) is 12.1. The van der Waals surface area contributed by atoms with E-state index in [1.54, 1.807) is 12.1 Å². The summed E-state index contributed by atoms with van der Waals surface area (Å²) in [6, 6.07) is 5.90. The molecule has 1 heterocycles. The standard InChI is InChI=1S/C15H21N3O3/c1-18-7-3-4-11(10-18)9-16-15(21)17-13-6-2-5-12(8-13)14(19)20/h2,5-6,8,11H,3-4,7,9-10H2,1H3,(H,19,20)(H2,16,17,21). The molecule has 0 spiro atoms. The summed E-state index contributed by atoms with van der Waals surface area (Å²) in [4.78, 5) is 25.0. The van der Waals surface area contributed by atoms with Crippen LogP contribution in [-0.4, -0.2) is 48.7 Å². The van der Waals surface area contributed by atoms with Crippen LogP contribution in [0.2, 0.25) is 0 Å². The lowest BCUT2D eigenvalue weighted by atomic mass is 9.99. The number of carbonyl (C=O) groups is 2. The lowest BCUT2D eigenvalue weighted by Gasteiger charge is -2.29. The zero-order chi connectivity index (χ0) is 15.2. The minimum atomic E-state index is -1.01. The van der Waals surface area contributed by atoms with Crippen LogP contribution in [0.4, 0.5) is 10.5 Å². The second-order valence-electron chi connectivity index (χ2n) is 5.49. The van der Waals surface area contributed by atoms with E-state index in [4.69, 9.17) is 5.11 Å². The highest BCUT2D eigenvalue weighted by atomic mass is 16.4. The van der Waals surface area contributed by atoms with Gasteiger partial charge in [0.25, 0.3) is 0 Å². The Bertz CT molecular complexity index is 519. The average Bonchev–Trinajstić information content (AvgIpc) is 2.45. The molecule has 1 saturated heterocycles. The maximum absolute atomic E-state index is 11.8. The van der Waals surface area contributed by atoms with Gasteiger partial charge in [-0.2, -0.15) is 0 Å². The molecule has 1 fully saturated rings. The first-order valence-electron chi connectivity index (χ1n) is 7.11. The van der Waals surface area contributed by atoms with Crippen molar-refractivity contribution in [2.45, 2.75) is 12.8 Å². The number of nitrogens with zero attached hydrogens (tertiary/aromatic N) is 1. The van der Waals surface area contributed by atoms with Crippen molar-refractivity contribution in [1.82, 2.24) is 10.2 Å². The topological polar surface area (TPSA) is 81.7 Å². The van der Waals surface area contributed by atoms with Crippen LogP contribution >= 0.6 is 0 Å². The van der Waals surface area contributed by atoms with E-state index in [-0.39, 0.29) is 11.6 Å². The molecule has 0 saturated carbocycles. The summed E-state index contributed by atoms with van der Waals surface area (Å²) in [6.45, 7) is 2.74. The highest BCUT2D eigenvalue weighted by Crippen LogP contribution is 2.14. The molecule has 1 atom stereocenters. The highest BCUT2D eigenvalue weighted by Gasteiger charge is 2.17. The van der Waals surface area contributed by atoms with E-state index in [9.17, 15) is 9.59 Å². The van der Waals surface area contributed by atoms with E-state index in [0.29, 0.717) is 18.2 Å². The highest BCUT2D eigenvalue weighted by molar-refractivity contribution is 5.93. The molecular weight excluding hydrogens is 270 g/mol. The number of rotatable bonds is 4. The molecule has 0 aliphatic carbocycles. The molecule has 0 bridgehead atoms. The third-order valence-corrected chi connectivity index (χ3v) is 3.64. The van der Waals surface area contributed by atoms with Gasteiger partial charge in [0.15, 0.2) is 0 Å². The number of hydrogen-bond donors (Lipinski definition) is 3. The molecule has 21 heavy (non-hydrogen) atoms. The van der Waals surface area contributed by atoms with Crippen LogP contribution in [0.25, 0.3) is 0 Å². The van der Waals surface area contributed by atoms with Gasteiger partial charge in [0.2, 0.25) is 0 Å². The first-order chi connectivity index (χ1) is 10.0. The summed E-state index contributed by atoms with van der Waals surface area (Å²) in [5.74, 6) is -0.538. The second-order valence-corrected chi connectivity index (χ2v) is 5.49. The minimum absolute atomic E-state index is 0.154. The Labute approximate surface area is 124 Å². The number of likely N-dealkylation sites (tertiary alicyclic amines) is 1. The van der Waals surface area contributed by atoms with Gasteiger partial charge in [0, 0.05) is 18.8 Å². The maximum atomic E-state index is 11.8. The first-order valence-corrected chi connectivity index (χ1v) is 7.11. The van der Waals surface area contributed by atoms with Gasteiger partial charge in [-0.1, -0.05) is 6.07 Å². The molecule has 6 heteroatoms. The van der Waals surface area contributed by atoms with Gasteiger partial charge < -0.3 is 20.6 Å². The molecule has 1 aromatic carbocycles. The predicted molar refractivity (Wildman–Crippen MR) is 80.6 cm³/mol. The van der Waals surface area contributed by atoms with Gasteiger partial charge in [-0.3, -0.25) is 0 Å². The summed E-state index contributed by atoms with van der Waals surface area (Å²) in [5, 5.41) is 14.4. The van der Waals surface area contributed by atoms with Crippen LogP contribution in [0.3, 0.4) is 0 Å². The minimum Gasteiger partial charge on any atom is -0.478 e. The molecule has 2 amide bonds. The molecule has 6 nitrogen and oxygen atoms in total. The van der Waals surface area contributed by atoms with Crippen molar-refractivity contribution in [1.29, 1.82) is 0 Å². The SMILES string of the molecule is CN1CCCC(CNC(=O)Nc2cccc(C(=O)O)c2)C1. The van der Waals surface area contributed by atoms with E-state index < -0.39 is 5.97 Å². The smallest absolute Gasteiger partial charge is 0.335 e. The Morgan fingerprint density at radius 3 is 2.95 bits per heavy atom.